The van der Waals surface area contributed by atoms with E-state index in [1.54, 1.807) is 0 Å². The Labute approximate surface area is 146 Å². The molecule has 2 saturated heterocycles. The van der Waals surface area contributed by atoms with Crippen LogP contribution < -0.4 is 27.3 Å². The van der Waals surface area contributed by atoms with Gasteiger partial charge in [-0.25, -0.2) is 0 Å². The van der Waals surface area contributed by atoms with E-state index in [0.29, 0.717) is 0 Å². The number of piperidine rings is 2. The Morgan fingerprint density at radius 3 is 2.27 bits per heavy atom. The molecule has 3 aliphatic carbocycles. The van der Waals surface area contributed by atoms with E-state index < -0.39 is 0 Å². The van der Waals surface area contributed by atoms with Crippen molar-refractivity contribution in [1.29, 1.82) is 0 Å². The summed E-state index contributed by atoms with van der Waals surface area (Å²) in [5.41, 5.74) is 0. The Bertz CT molecular complexity index is 381. The van der Waals surface area contributed by atoms with Crippen molar-refractivity contribution in [3.63, 3.8) is 0 Å². The second kappa shape index (κ2) is 7.68. The van der Waals surface area contributed by atoms with Gasteiger partial charge in [0.25, 0.3) is 0 Å². The molecule has 0 unspecified atom stereocenters. The molecule has 2 N–H and O–H groups in total. The van der Waals surface area contributed by atoms with Crippen molar-refractivity contribution >= 4 is 5.84 Å². The summed E-state index contributed by atoms with van der Waals surface area (Å²) in [4.78, 5) is 3.99. The van der Waals surface area contributed by atoms with E-state index in [1.165, 1.54) is 89.3 Å². The van der Waals surface area contributed by atoms with Crippen LogP contribution in [0.3, 0.4) is 0 Å². The Hall–Kier alpha value is -0.0500. The van der Waals surface area contributed by atoms with Crippen LogP contribution in [0.5, 0.6) is 0 Å². The van der Waals surface area contributed by atoms with Crippen LogP contribution in [-0.2, 0) is 0 Å². The first kappa shape index (κ1) is 16.8. The Morgan fingerprint density at radius 2 is 1.59 bits per heavy atom. The second-order valence-electron chi connectivity index (χ2n) is 8.29. The zero-order valence-electron chi connectivity index (χ0n) is 14.0. The number of halogens is 1. The Morgan fingerprint density at radius 1 is 0.818 bits per heavy atom. The highest BCUT2D eigenvalue weighted by molar-refractivity contribution is 5.81. The van der Waals surface area contributed by atoms with Gasteiger partial charge in [0.05, 0.1) is 18.0 Å². The van der Waals surface area contributed by atoms with E-state index in [2.05, 4.69) is 10.3 Å². The molecule has 3 heteroatoms. The Kier molecular flexibility index (Phi) is 5.86. The smallest absolute Gasteiger partial charge is 0.246 e. The summed E-state index contributed by atoms with van der Waals surface area (Å²) >= 11 is 0. The number of fused-ring (bicyclic) bond motifs is 3. The van der Waals surface area contributed by atoms with Crippen LogP contribution in [0.2, 0.25) is 0 Å². The first-order valence-corrected chi connectivity index (χ1v) is 9.78. The highest BCUT2D eigenvalue weighted by Gasteiger charge is 2.39. The molecule has 0 spiro atoms. The molecule has 0 aromatic carbocycles. The lowest BCUT2D eigenvalue weighted by atomic mass is 9.80. The molecule has 5 aliphatic rings. The molecular formula is C19H33BrN2. The predicted octanol–water partition coefficient (Wildman–Crippen LogP) is -0.229. The topological polar surface area (TPSA) is 26.0 Å². The van der Waals surface area contributed by atoms with Crippen molar-refractivity contribution in [2.75, 3.05) is 0 Å². The fourth-order valence-corrected chi connectivity index (χ4v) is 5.58. The predicted molar refractivity (Wildman–Crippen MR) is 87.2 cm³/mol. The minimum Gasteiger partial charge on any atom is -1.00 e. The van der Waals surface area contributed by atoms with Gasteiger partial charge in [0.15, 0.2) is 0 Å². The van der Waals surface area contributed by atoms with E-state index in [1.807, 2.05) is 0 Å². The van der Waals surface area contributed by atoms with Gasteiger partial charge >= 0.3 is 0 Å². The van der Waals surface area contributed by atoms with Gasteiger partial charge in [0, 0.05) is 0 Å². The molecule has 0 aromatic heterocycles. The highest BCUT2D eigenvalue weighted by Crippen LogP contribution is 2.35. The summed E-state index contributed by atoms with van der Waals surface area (Å²) in [5, 5.41) is 3.81. The zero-order chi connectivity index (χ0) is 14.1. The number of hydrogen-bond acceptors (Lipinski definition) is 0. The minimum absolute atomic E-state index is 0. The van der Waals surface area contributed by atoms with Crippen LogP contribution in [0, 0.1) is 17.8 Å². The van der Waals surface area contributed by atoms with Gasteiger partial charge in [-0.15, -0.1) is 0 Å². The average molecular weight is 369 g/mol. The van der Waals surface area contributed by atoms with E-state index in [4.69, 9.17) is 0 Å². The number of nitrogens with one attached hydrogen (secondary N) is 2. The van der Waals surface area contributed by atoms with Crippen molar-refractivity contribution in [3.05, 3.63) is 0 Å². The summed E-state index contributed by atoms with van der Waals surface area (Å²) in [6.45, 7) is 0. The molecule has 126 valence electrons. The molecule has 2 heterocycles. The molecule has 5 rings (SSSR count). The molecule has 2 atom stereocenters. The van der Waals surface area contributed by atoms with E-state index >= 15 is 0 Å². The first-order chi connectivity index (χ1) is 10.4. The van der Waals surface area contributed by atoms with Gasteiger partial charge in [0.1, 0.15) is 0 Å². The summed E-state index contributed by atoms with van der Waals surface area (Å²) in [6, 6.07) is 1.57. The Balaban J connectivity index is 0.00000144. The fourth-order valence-electron chi connectivity index (χ4n) is 5.58. The van der Waals surface area contributed by atoms with Crippen molar-refractivity contribution in [3.8, 4) is 0 Å². The summed E-state index contributed by atoms with van der Waals surface area (Å²) in [6.07, 6.45) is 19.1. The summed E-state index contributed by atoms with van der Waals surface area (Å²) in [7, 11) is 0. The van der Waals surface area contributed by atoms with Gasteiger partial charge in [-0.1, -0.05) is 32.1 Å². The van der Waals surface area contributed by atoms with Crippen molar-refractivity contribution in [2.24, 2.45) is 17.8 Å². The maximum atomic E-state index is 3.99. The zero-order valence-corrected chi connectivity index (χ0v) is 15.5. The van der Waals surface area contributed by atoms with Crippen LogP contribution >= 0.6 is 0 Å². The van der Waals surface area contributed by atoms with Gasteiger partial charge in [-0.3, -0.25) is 10.3 Å². The minimum atomic E-state index is 0. The third-order valence-corrected chi connectivity index (χ3v) is 6.86. The monoisotopic (exact) mass is 368 g/mol. The van der Waals surface area contributed by atoms with Gasteiger partial charge in [-0.05, 0) is 63.2 Å². The van der Waals surface area contributed by atoms with Crippen LogP contribution in [0.1, 0.15) is 83.5 Å². The van der Waals surface area contributed by atoms with Crippen molar-refractivity contribution < 1.29 is 22.0 Å². The van der Waals surface area contributed by atoms with Crippen molar-refractivity contribution in [2.45, 2.75) is 95.6 Å². The molecule has 22 heavy (non-hydrogen) atoms. The molecule has 2 nitrogen and oxygen atoms in total. The lowest BCUT2D eigenvalue weighted by molar-refractivity contribution is -0.516. The standard InChI is InChI=1S/C19H32N2.BrH/c1-2-5-14(6-3-1)13-16-7-4-8-18(16)21-19-15-9-11-17(20-19)12-10-15;/h14-18H,1-13H2,(H,20,21);1H/t15?,16-,17?,18-;/m1./s1. The summed E-state index contributed by atoms with van der Waals surface area (Å²) < 4.78 is 0. The average Bonchev–Trinajstić information content (AvgIpc) is 2.96. The first-order valence-electron chi connectivity index (χ1n) is 9.78. The maximum Gasteiger partial charge on any atom is 0.246 e. The fraction of sp³-hybridized carbons (Fsp3) is 0.947. The molecule has 0 amide bonds. The number of rotatable bonds is 3. The molecule has 0 aromatic rings. The second-order valence-corrected chi connectivity index (χ2v) is 8.29. The third-order valence-electron chi connectivity index (χ3n) is 6.86. The molecule has 2 bridgehead atoms. The number of amidine groups is 1. The largest absolute Gasteiger partial charge is 1.00 e. The van der Waals surface area contributed by atoms with Crippen LogP contribution in [0.25, 0.3) is 0 Å². The molecule has 3 saturated carbocycles. The molecular weight excluding hydrogens is 336 g/mol. The highest BCUT2D eigenvalue weighted by atomic mass is 79.9. The lowest BCUT2D eigenvalue weighted by Crippen LogP contribution is -3.00. The van der Waals surface area contributed by atoms with E-state index in [0.717, 1.165) is 29.8 Å². The van der Waals surface area contributed by atoms with Crippen LogP contribution in [0.4, 0.5) is 0 Å². The van der Waals surface area contributed by atoms with E-state index in [9.17, 15) is 0 Å². The van der Waals surface area contributed by atoms with Gasteiger partial charge in [-0.2, -0.15) is 0 Å². The number of hydrogen-bond donors (Lipinski definition) is 2. The summed E-state index contributed by atoms with van der Waals surface area (Å²) in [5.74, 6) is 4.39. The van der Waals surface area contributed by atoms with Crippen LogP contribution in [-0.4, -0.2) is 17.9 Å². The molecule has 2 aliphatic heterocycles. The van der Waals surface area contributed by atoms with Gasteiger partial charge in [0.2, 0.25) is 5.84 Å². The van der Waals surface area contributed by atoms with E-state index in [-0.39, 0.29) is 17.0 Å². The maximum absolute atomic E-state index is 3.99. The van der Waals surface area contributed by atoms with Gasteiger partial charge < -0.3 is 17.0 Å². The molecule has 5 fully saturated rings. The molecule has 0 radical (unpaired) electrons. The van der Waals surface area contributed by atoms with Crippen LogP contribution in [0.15, 0.2) is 0 Å². The third kappa shape index (κ3) is 3.71. The SMILES string of the molecule is C1CCC(C[C@H]2CCC[C@H]2[NH+]=C2NC3CCC2CC3)CC1.[Br-]. The normalized spacial score (nSPS) is 40.5. The lowest BCUT2D eigenvalue weighted by Gasteiger charge is -2.34. The quantitative estimate of drug-likeness (QED) is 0.707. The van der Waals surface area contributed by atoms with Crippen molar-refractivity contribution in [1.82, 2.24) is 5.32 Å².